The summed E-state index contributed by atoms with van der Waals surface area (Å²) in [5.41, 5.74) is 2.35. The van der Waals surface area contributed by atoms with E-state index in [-0.39, 0.29) is 18.2 Å². The third-order valence-corrected chi connectivity index (χ3v) is 6.43. The molecule has 5 heterocycles. The summed E-state index contributed by atoms with van der Waals surface area (Å²) in [4.78, 5) is 40.3. The van der Waals surface area contributed by atoms with E-state index in [0.29, 0.717) is 44.2 Å². The Kier molecular flexibility index (Phi) is 5.93. The zero-order valence-corrected chi connectivity index (χ0v) is 21.4. The van der Waals surface area contributed by atoms with Crippen molar-refractivity contribution in [3.05, 3.63) is 36.3 Å². The number of urea groups is 1. The fraction of sp³-hybridized carbons (Fsp3) is 0.480. The average molecular weight is 493 g/mol. The quantitative estimate of drug-likeness (QED) is 0.584. The molecule has 3 aromatic heterocycles. The lowest BCUT2D eigenvalue weighted by molar-refractivity contribution is 0.0159. The van der Waals surface area contributed by atoms with Crippen molar-refractivity contribution in [1.82, 2.24) is 24.6 Å². The number of piperazine rings is 1. The third kappa shape index (κ3) is 4.65. The second-order valence-corrected chi connectivity index (χ2v) is 10.4. The van der Waals surface area contributed by atoms with E-state index in [0.717, 1.165) is 22.2 Å². The molecule has 0 saturated carbocycles. The first kappa shape index (κ1) is 23.8. The van der Waals surface area contributed by atoms with Gasteiger partial charge in [0.25, 0.3) is 0 Å². The molecule has 2 aliphatic rings. The molecule has 36 heavy (non-hydrogen) atoms. The number of aromatic nitrogens is 4. The highest BCUT2D eigenvalue weighted by molar-refractivity contribution is 6.03. The summed E-state index contributed by atoms with van der Waals surface area (Å²) in [5, 5.41) is 8.12. The predicted octanol–water partition coefficient (Wildman–Crippen LogP) is 3.40. The number of hydrogen-bond acceptors (Lipinski definition) is 7. The van der Waals surface area contributed by atoms with E-state index in [1.54, 1.807) is 26.9 Å². The second kappa shape index (κ2) is 8.96. The number of fused-ring (bicyclic) bond motifs is 2. The first-order valence-electron chi connectivity index (χ1n) is 12.2. The van der Waals surface area contributed by atoms with Gasteiger partial charge in [-0.25, -0.2) is 19.6 Å². The maximum Gasteiger partial charge on any atom is 0.410 e. The number of anilines is 3. The van der Waals surface area contributed by atoms with Crippen molar-refractivity contribution in [2.75, 3.05) is 41.3 Å². The molecule has 5 rings (SSSR count). The molecule has 190 valence electrons. The highest BCUT2D eigenvalue weighted by atomic mass is 16.6. The van der Waals surface area contributed by atoms with Crippen molar-refractivity contribution in [2.45, 2.75) is 45.8 Å². The van der Waals surface area contributed by atoms with Gasteiger partial charge in [0.15, 0.2) is 0 Å². The zero-order chi connectivity index (χ0) is 25.6. The summed E-state index contributed by atoms with van der Waals surface area (Å²) in [6, 6.07) is 3.53. The Morgan fingerprint density at radius 3 is 2.72 bits per heavy atom. The van der Waals surface area contributed by atoms with Gasteiger partial charge in [0, 0.05) is 68.3 Å². The molecule has 1 atom stereocenters. The van der Waals surface area contributed by atoms with Gasteiger partial charge in [0.2, 0.25) is 0 Å². The van der Waals surface area contributed by atoms with Crippen LogP contribution in [0, 0.1) is 0 Å². The molecule has 1 N–H and O–H groups in total. The standard InChI is InChI=1S/C25H32N8O3/c1-16-14-31(10-11-32(16)24(35)36-25(2,3)4)20-6-8-26-22-18(20)7-9-33(22)23(34)28-21-12-17-15-30(5)29-19(17)13-27-21/h6,8,12-13,15-16H,7,9-11,14H2,1-5H3,(H,28,34)/t16-/m0/s1. The van der Waals surface area contributed by atoms with Gasteiger partial charge >= 0.3 is 12.1 Å². The largest absolute Gasteiger partial charge is 0.444 e. The van der Waals surface area contributed by atoms with E-state index in [1.165, 1.54) is 0 Å². The van der Waals surface area contributed by atoms with Crippen molar-refractivity contribution < 1.29 is 14.3 Å². The molecule has 1 saturated heterocycles. The number of nitrogens with zero attached hydrogens (tertiary/aromatic N) is 7. The van der Waals surface area contributed by atoms with Crippen LogP contribution in [-0.2, 0) is 18.2 Å². The van der Waals surface area contributed by atoms with E-state index in [4.69, 9.17) is 4.74 Å². The molecule has 11 heteroatoms. The van der Waals surface area contributed by atoms with Crippen molar-refractivity contribution in [3.8, 4) is 0 Å². The van der Waals surface area contributed by atoms with E-state index < -0.39 is 5.60 Å². The first-order chi connectivity index (χ1) is 17.1. The van der Waals surface area contributed by atoms with E-state index in [1.807, 2.05) is 53.1 Å². The highest BCUT2D eigenvalue weighted by Gasteiger charge is 2.34. The van der Waals surface area contributed by atoms with Gasteiger partial charge in [-0.15, -0.1) is 0 Å². The number of amides is 3. The Morgan fingerprint density at radius 1 is 1.17 bits per heavy atom. The topological polar surface area (TPSA) is 109 Å². The zero-order valence-electron chi connectivity index (χ0n) is 21.4. The third-order valence-electron chi connectivity index (χ3n) is 6.43. The van der Waals surface area contributed by atoms with Crippen LogP contribution in [0.25, 0.3) is 10.9 Å². The Morgan fingerprint density at radius 2 is 1.97 bits per heavy atom. The summed E-state index contributed by atoms with van der Waals surface area (Å²) in [6.07, 6.45) is 5.70. The van der Waals surface area contributed by atoms with Crippen LogP contribution in [0.3, 0.4) is 0 Å². The van der Waals surface area contributed by atoms with E-state index in [9.17, 15) is 9.59 Å². The summed E-state index contributed by atoms with van der Waals surface area (Å²) < 4.78 is 7.29. The summed E-state index contributed by atoms with van der Waals surface area (Å²) in [7, 11) is 1.85. The lowest BCUT2D eigenvalue weighted by Gasteiger charge is -2.41. The van der Waals surface area contributed by atoms with Crippen LogP contribution >= 0.6 is 0 Å². The Labute approximate surface area is 210 Å². The fourth-order valence-electron chi connectivity index (χ4n) is 4.83. The van der Waals surface area contributed by atoms with Gasteiger partial charge in [-0.2, -0.15) is 5.10 Å². The molecule has 11 nitrogen and oxygen atoms in total. The fourth-order valence-corrected chi connectivity index (χ4v) is 4.83. The predicted molar refractivity (Wildman–Crippen MR) is 137 cm³/mol. The van der Waals surface area contributed by atoms with Crippen LogP contribution in [0.1, 0.15) is 33.3 Å². The Bertz CT molecular complexity index is 1310. The number of rotatable bonds is 2. The van der Waals surface area contributed by atoms with Crippen LogP contribution in [0.4, 0.5) is 26.9 Å². The van der Waals surface area contributed by atoms with Crippen LogP contribution in [0.2, 0.25) is 0 Å². The molecule has 0 unspecified atom stereocenters. The molecule has 0 spiro atoms. The van der Waals surface area contributed by atoms with Gasteiger partial charge < -0.3 is 14.5 Å². The van der Waals surface area contributed by atoms with Gasteiger partial charge in [-0.1, -0.05) is 0 Å². The molecular formula is C25H32N8O3. The second-order valence-electron chi connectivity index (χ2n) is 10.4. The maximum atomic E-state index is 13.1. The van der Waals surface area contributed by atoms with Crippen molar-refractivity contribution in [1.29, 1.82) is 0 Å². The number of hydrogen-bond donors (Lipinski definition) is 1. The van der Waals surface area contributed by atoms with E-state index in [2.05, 4.69) is 25.3 Å². The minimum absolute atomic E-state index is 0.00770. The smallest absolute Gasteiger partial charge is 0.410 e. The lowest BCUT2D eigenvalue weighted by atomic mass is 10.1. The number of aryl methyl sites for hydroxylation is 1. The van der Waals surface area contributed by atoms with Crippen LogP contribution in [0.15, 0.2) is 30.7 Å². The molecule has 1 fully saturated rings. The van der Waals surface area contributed by atoms with Gasteiger partial charge in [0.05, 0.1) is 6.20 Å². The van der Waals surface area contributed by atoms with Gasteiger partial charge in [0.1, 0.15) is 22.8 Å². The normalized spacial score (nSPS) is 17.9. The number of pyridine rings is 2. The minimum Gasteiger partial charge on any atom is -0.444 e. The SMILES string of the molecule is C[C@H]1CN(c2ccnc3c2CCN3C(=O)Nc2cc3cn(C)nc3cn2)CCN1C(=O)OC(C)(C)C. The summed E-state index contributed by atoms with van der Waals surface area (Å²) >= 11 is 0. The first-order valence-corrected chi connectivity index (χ1v) is 12.2. The van der Waals surface area contributed by atoms with E-state index >= 15 is 0 Å². The highest BCUT2D eigenvalue weighted by Crippen LogP contribution is 2.35. The molecular weight excluding hydrogens is 460 g/mol. The molecule has 0 aromatic carbocycles. The van der Waals surface area contributed by atoms with Crippen molar-refractivity contribution >= 4 is 40.4 Å². The van der Waals surface area contributed by atoms with Crippen LogP contribution in [-0.4, -0.2) is 74.6 Å². The molecule has 0 aliphatic carbocycles. The minimum atomic E-state index is -0.525. The van der Waals surface area contributed by atoms with Crippen LogP contribution < -0.4 is 15.1 Å². The van der Waals surface area contributed by atoms with Crippen molar-refractivity contribution in [3.63, 3.8) is 0 Å². The van der Waals surface area contributed by atoms with Crippen LogP contribution in [0.5, 0.6) is 0 Å². The molecule has 3 aromatic rings. The lowest BCUT2D eigenvalue weighted by Crippen LogP contribution is -2.55. The number of nitrogens with one attached hydrogen (secondary N) is 1. The Balaban J connectivity index is 1.29. The Hall–Kier alpha value is -3.89. The van der Waals surface area contributed by atoms with Gasteiger partial charge in [-0.05, 0) is 46.2 Å². The number of ether oxygens (including phenoxy) is 1. The molecule has 0 bridgehead atoms. The summed E-state index contributed by atoms with van der Waals surface area (Å²) in [5.74, 6) is 1.13. The summed E-state index contributed by atoms with van der Waals surface area (Å²) in [6.45, 7) is 10.1. The molecule has 3 amide bonds. The van der Waals surface area contributed by atoms with Gasteiger partial charge in [-0.3, -0.25) is 14.9 Å². The van der Waals surface area contributed by atoms with Crippen molar-refractivity contribution in [2.24, 2.45) is 7.05 Å². The maximum absolute atomic E-state index is 13.1. The number of carbonyl (C=O) groups is 2. The monoisotopic (exact) mass is 492 g/mol. The molecule has 2 aliphatic heterocycles. The average Bonchev–Trinajstić information content (AvgIpc) is 3.40. The number of carbonyl (C=O) groups excluding carboxylic acids is 2. The molecule has 0 radical (unpaired) electrons.